The number of benzene rings is 2. The summed E-state index contributed by atoms with van der Waals surface area (Å²) in [5.74, 6) is -0.452. The molecule has 1 atom stereocenters. The summed E-state index contributed by atoms with van der Waals surface area (Å²) in [6.45, 7) is 2.00. The lowest BCUT2D eigenvalue weighted by Crippen LogP contribution is -2.27. The molecule has 0 saturated heterocycles. The van der Waals surface area contributed by atoms with Crippen LogP contribution in [0.4, 0.5) is 5.69 Å². The van der Waals surface area contributed by atoms with Crippen LogP contribution in [-0.2, 0) is 20.9 Å². The number of nitrogens with zero attached hydrogens (tertiary/aromatic N) is 1. The summed E-state index contributed by atoms with van der Waals surface area (Å²) in [6.07, 6.45) is -1.14. The van der Waals surface area contributed by atoms with Crippen LogP contribution < -0.4 is 14.9 Å². The Morgan fingerprint density at radius 2 is 1.90 bits per heavy atom. The van der Waals surface area contributed by atoms with Crippen LogP contribution in [0.3, 0.4) is 0 Å². The molecule has 0 spiro atoms. The number of nitrogens with one attached hydrogen (secondary N) is 1. The minimum atomic E-state index is -1.12. The Hall–Kier alpha value is -3.39. The molecule has 0 aliphatic heterocycles. The maximum Gasteiger partial charge on any atom is 0.308 e. The number of anilines is 1. The second-order valence-corrected chi connectivity index (χ2v) is 7.37. The summed E-state index contributed by atoms with van der Waals surface area (Å²) < 4.78 is 12.2. The van der Waals surface area contributed by atoms with Crippen LogP contribution in [0.25, 0.3) is 0 Å². The van der Waals surface area contributed by atoms with Crippen LogP contribution in [0.1, 0.15) is 23.8 Å². The minimum Gasteiger partial charge on any atom is -0.497 e. The summed E-state index contributed by atoms with van der Waals surface area (Å²) in [6, 6.07) is 15.7. The van der Waals surface area contributed by atoms with E-state index in [9.17, 15) is 14.4 Å². The van der Waals surface area contributed by atoms with Crippen LogP contribution in [0.5, 0.6) is 5.75 Å². The maximum absolute atomic E-state index is 12.9. The first-order valence-electron chi connectivity index (χ1n) is 9.32. The van der Waals surface area contributed by atoms with Crippen molar-refractivity contribution in [3.05, 3.63) is 80.9 Å². The lowest BCUT2D eigenvalue weighted by molar-refractivity contribution is -0.155. The van der Waals surface area contributed by atoms with Crippen molar-refractivity contribution in [3.63, 3.8) is 0 Å². The zero-order chi connectivity index (χ0) is 21.5. The highest BCUT2D eigenvalue weighted by Gasteiger charge is 2.25. The number of aryl methyl sites for hydroxylation is 1. The van der Waals surface area contributed by atoms with Crippen LogP contribution in [0.2, 0.25) is 0 Å². The summed E-state index contributed by atoms with van der Waals surface area (Å²) in [5.41, 5.74) is 1.86. The van der Waals surface area contributed by atoms with Crippen LogP contribution in [0, 0.1) is 6.92 Å². The molecular formula is C22H22N2O5S. The van der Waals surface area contributed by atoms with Gasteiger partial charge in [0.15, 0.2) is 0 Å². The Morgan fingerprint density at radius 1 is 1.13 bits per heavy atom. The van der Waals surface area contributed by atoms with E-state index in [1.165, 1.54) is 11.7 Å². The molecule has 0 radical (unpaired) electrons. The average molecular weight is 426 g/mol. The van der Waals surface area contributed by atoms with Gasteiger partial charge in [-0.25, -0.2) is 0 Å². The summed E-state index contributed by atoms with van der Waals surface area (Å²) in [4.78, 5) is 37.1. The van der Waals surface area contributed by atoms with E-state index in [-0.39, 0.29) is 17.8 Å². The Kier molecular flexibility index (Phi) is 7.03. The van der Waals surface area contributed by atoms with Gasteiger partial charge in [-0.1, -0.05) is 47.7 Å². The molecule has 0 bridgehead atoms. The fourth-order valence-electron chi connectivity index (χ4n) is 2.88. The second-order valence-electron chi connectivity index (χ2n) is 6.55. The monoisotopic (exact) mass is 426 g/mol. The smallest absolute Gasteiger partial charge is 0.308 e. The third kappa shape index (κ3) is 5.36. The number of rotatable bonds is 8. The van der Waals surface area contributed by atoms with Gasteiger partial charge < -0.3 is 19.4 Å². The normalized spacial score (nSPS) is 11.5. The number of ether oxygens (including phenoxy) is 2. The number of aromatic nitrogens is 1. The summed E-state index contributed by atoms with van der Waals surface area (Å²) >= 11 is 1.08. The molecule has 2 aromatic carbocycles. The lowest BCUT2D eigenvalue weighted by atomic mass is 10.1. The summed E-state index contributed by atoms with van der Waals surface area (Å²) in [5, 5.41) is 4.50. The van der Waals surface area contributed by atoms with Crippen molar-refractivity contribution in [1.29, 1.82) is 0 Å². The summed E-state index contributed by atoms with van der Waals surface area (Å²) in [7, 11) is 1.54. The Bertz CT molecular complexity index is 1070. The second kappa shape index (κ2) is 9.89. The number of carbonyl (C=O) groups is 2. The topological polar surface area (TPSA) is 86.6 Å². The van der Waals surface area contributed by atoms with E-state index in [0.29, 0.717) is 17.0 Å². The SMILES string of the molecule is COc1cccc(NC(=O)[C@@H](OC(=O)CCn2c(C)csc2=O)c2ccccc2)c1. The quantitative estimate of drug-likeness (QED) is 0.557. The molecule has 0 aliphatic carbocycles. The molecule has 30 heavy (non-hydrogen) atoms. The van der Waals surface area contributed by atoms with Gasteiger partial charge >= 0.3 is 10.8 Å². The van der Waals surface area contributed by atoms with Crippen molar-refractivity contribution in [3.8, 4) is 5.75 Å². The fourth-order valence-corrected chi connectivity index (χ4v) is 3.64. The molecule has 1 N–H and O–H groups in total. The molecular weight excluding hydrogens is 404 g/mol. The first-order valence-corrected chi connectivity index (χ1v) is 10.2. The third-order valence-electron chi connectivity index (χ3n) is 4.44. The molecule has 156 valence electrons. The van der Waals surface area contributed by atoms with Crippen molar-refractivity contribution in [2.24, 2.45) is 0 Å². The average Bonchev–Trinajstić information content (AvgIpc) is 3.08. The van der Waals surface area contributed by atoms with Gasteiger partial charge in [-0.15, -0.1) is 0 Å². The van der Waals surface area contributed by atoms with Gasteiger partial charge in [0.05, 0.1) is 13.5 Å². The molecule has 1 amide bonds. The van der Waals surface area contributed by atoms with E-state index in [1.807, 2.05) is 6.07 Å². The van der Waals surface area contributed by atoms with Gasteiger partial charge in [0.1, 0.15) is 5.75 Å². The van der Waals surface area contributed by atoms with E-state index in [1.54, 1.807) is 60.8 Å². The number of amides is 1. The molecule has 3 rings (SSSR count). The molecule has 0 aliphatic rings. The van der Waals surface area contributed by atoms with E-state index >= 15 is 0 Å². The zero-order valence-electron chi connectivity index (χ0n) is 16.7. The largest absolute Gasteiger partial charge is 0.497 e. The van der Waals surface area contributed by atoms with Gasteiger partial charge in [-0.3, -0.25) is 14.4 Å². The predicted molar refractivity (Wildman–Crippen MR) is 115 cm³/mol. The molecule has 1 heterocycles. The van der Waals surface area contributed by atoms with Crippen molar-refractivity contribution in [2.75, 3.05) is 12.4 Å². The van der Waals surface area contributed by atoms with E-state index in [2.05, 4.69) is 5.32 Å². The number of esters is 1. The van der Waals surface area contributed by atoms with E-state index in [0.717, 1.165) is 17.0 Å². The van der Waals surface area contributed by atoms with Crippen molar-refractivity contribution in [1.82, 2.24) is 4.57 Å². The molecule has 8 heteroatoms. The third-order valence-corrected chi connectivity index (χ3v) is 5.32. The Balaban J connectivity index is 1.73. The highest BCUT2D eigenvalue weighted by Crippen LogP contribution is 2.23. The van der Waals surface area contributed by atoms with Crippen LogP contribution >= 0.6 is 11.3 Å². The number of hydrogen-bond acceptors (Lipinski definition) is 6. The van der Waals surface area contributed by atoms with Gasteiger partial charge in [0.2, 0.25) is 6.10 Å². The molecule has 0 fully saturated rings. The Morgan fingerprint density at radius 3 is 2.57 bits per heavy atom. The van der Waals surface area contributed by atoms with Gasteiger partial charge in [-0.2, -0.15) is 0 Å². The van der Waals surface area contributed by atoms with E-state index in [4.69, 9.17) is 9.47 Å². The van der Waals surface area contributed by atoms with Crippen LogP contribution in [0.15, 0.2) is 64.8 Å². The molecule has 0 unspecified atom stereocenters. The van der Waals surface area contributed by atoms with Crippen molar-refractivity contribution < 1.29 is 19.1 Å². The number of carbonyl (C=O) groups excluding carboxylic acids is 2. The zero-order valence-corrected chi connectivity index (χ0v) is 17.5. The first kappa shape index (κ1) is 21.3. The number of thiazole rings is 1. The Labute approximate surface area is 177 Å². The van der Waals surface area contributed by atoms with Gasteiger partial charge in [0, 0.05) is 34.9 Å². The van der Waals surface area contributed by atoms with Crippen molar-refractivity contribution >= 4 is 28.9 Å². The van der Waals surface area contributed by atoms with Gasteiger partial charge in [-0.05, 0) is 19.1 Å². The van der Waals surface area contributed by atoms with Crippen molar-refractivity contribution in [2.45, 2.75) is 26.0 Å². The number of hydrogen-bond donors (Lipinski definition) is 1. The standard InChI is InChI=1S/C22H22N2O5S/c1-15-14-30-22(27)24(15)12-11-19(25)29-20(16-7-4-3-5-8-16)21(26)23-17-9-6-10-18(13-17)28-2/h3-10,13-14,20H,11-12H2,1-2H3,(H,23,26)/t20-/m0/s1. The minimum absolute atomic E-state index is 0.0206. The number of methoxy groups -OCH3 is 1. The predicted octanol–water partition coefficient (Wildman–Crippen LogP) is 3.54. The lowest BCUT2D eigenvalue weighted by Gasteiger charge is -2.18. The molecule has 0 saturated carbocycles. The molecule has 3 aromatic rings. The molecule has 1 aromatic heterocycles. The van der Waals surface area contributed by atoms with Gasteiger partial charge in [0.25, 0.3) is 5.91 Å². The highest BCUT2D eigenvalue weighted by atomic mass is 32.1. The fraction of sp³-hybridized carbons (Fsp3) is 0.227. The first-order chi connectivity index (χ1) is 14.5. The highest BCUT2D eigenvalue weighted by molar-refractivity contribution is 7.07. The van der Waals surface area contributed by atoms with E-state index < -0.39 is 18.0 Å². The van der Waals surface area contributed by atoms with Crippen LogP contribution in [-0.4, -0.2) is 23.6 Å². The maximum atomic E-state index is 12.9. The molecule has 7 nitrogen and oxygen atoms in total.